The highest BCUT2D eigenvalue weighted by molar-refractivity contribution is 14.0. The van der Waals surface area contributed by atoms with Crippen molar-refractivity contribution >= 4 is 41.7 Å². The molecule has 0 aromatic carbocycles. The van der Waals surface area contributed by atoms with Crippen molar-refractivity contribution in [3.05, 3.63) is 23.9 Å². The zero-order valence-corrected chi connectivity index (χ0v) is 13.7. The molecule has 1 heterocycles. The van der Waals surface area contributed by atoms with Crippen LogP contribution < -0.4 is 16.0 Å². The average molecular weight is 377 g/mol. The Hall–Kier alpha value is -1.38. The molecule has 1 aromatic rings. The number of carbonyl (C=O) groups excluding carboxylic acids is 1. The molecule has 0 saturated heterocycles. The topological polar surface area (TPSA) is 78.4 Å². The van der Waals surface area contributed by atoms with Crippen LogP contribution in [0, 0.1) is 6.92 Å². The number of aliphatic imine (C=N–C) groups is 1. The molecule has 0 unspecified atom stereocenters. The van der Waals surface area contributed by atoms with Crippen LogP contribution >= 0.6 is 24.0 Å². The molecule has 106 valence electrons. The standard InChI is InChI=1S/C12H19N5O.HI/c1-9-4-5-10(16-8-9)17-11(18)6-7-15-12(13-2)14-3;/h4-5,8H,6-7H2,1-3H3,(H2,13,14,15)(H,16,17,18);1H. The lowest BCUT2D eigenvalue weighted by atomic mass is 10.3. The minimum atomic E-state index is -0.0783. The van der Waals surface area contributed by atoms with Crippen LogP contribution in [0.3, 0.4) is 0 Å². The predicted molar refractivity (Wildman–Crippen MR) is 88.1 cm³/mol. The lowest BCUT2D eigenvalue weighted by Crippen LogP contribution is -2.36. The number of hydrogen-bond donors (Lipinski definition) is 3. The van der Waals surface area contributed by atoms with Crippen LogP contribution in [0.1, 0.15) is 12.0 Å². The highest BCUT2D eigenvalue weighted by atomic mass is 127. The molecule has 0 fully saturated rings. The molecular formula is C12H20IN5O. The fourth-order valence-electron chi connectivity index (χ4n) is 1.32. The van der Waals surface area contributed by atoms with E-state index in [2.05, 4.69) is 25.9 Å². The highest BCUT2D eigenvalue weighted by Gasteiger charge is 2.03. The summed E-state index contributed by atoms with van der Waals surface area (Å²) in [7, 11) is 3.45. The molecule has 0 radical (unpaired) electrons. The van der Waals surface area contributed by atoms with Crippen molar-refractivity contribution in [2.75, 3.05) is 26.0 Å². The van der Waals surface area contributed by atoms with Crippen molar-refractivity contribution < 1.29 is 4.79 Å². The minimum absolute atomic E-state index is 0. The number of pyridine rings is 1. The van der Waals surface area contributed by atoms with Gasteiger partial charge in [-0.15, -0.1) is 24.0 Å². The van der Waals surface area contributed by atoms with Gasteiger partial charge >= 0.3 is 0 Å². The number of aromatic nitrogens is 1. The zero-order chi connectivity index (χ0) is 13.4. The number of rotatable bonds is 4. The molecular weight excluding hydrogens is 357 g/mol. The van der Waals surface area contributed by atoms with Crippen molar-refractivity contribution in [1.29, 1.82) is 0 Å². The molecule has 1 rings (SSSR count). The lowest BCUT2D eigenvalue weighted by Gasteiger charge is -2.08. The maximum absolute atomic E-state index is 11.6. The summed E-state index contributed by atoms with van der Waals surface area (Å²) < 4.78 is 0. The summed E-state index contributed by atoms with van der Waals surface area (Å²) in [5, 5.41) is 8.61. The molecule has 7 heteroatoms. The highest BCUT2D eigenvalue weighted by Crippen LogP contribution is 2.03. The summed E-state index contributed by atoms with van der Waals surface area (Å²) in [5.41, 5.74) is 1.06. The average Bonchev–Trinajstić information content (AvgIpc) is 2.37. The van der Waals surface area contributed by atoms with E-state index in [0.717, 1.165) is 5.56 Å². The van der Waals surface area contributed by atoms with Gasteiger partial charge in [0.1, 0.15) is 5.82 Å². The van der Waals surface area contributed by atoms with Gasteiger partial charge in [0.15, 0.2) is 5.96 Å². The second kappa shape index (κ2) is 9.54. The smallest absolute Gasteiger partial charge is 0.227 e. The maximum Gasteiger partial charge on any atom is 0.227 e. The molecule has 1 aromatic heterocycles. The molecule has 0 atom stereocenters. The first-order chi connectivity index (χ1) is 8.65. The number of nitrogens with one attached hydrogen (secondary N) is 3. The Morgan fingerprint density at radius 1 is 1.42 bits per heavy atom. The van der Waals surface area contributed by atoms with E-state index in [1.54, 1.807) is 26.4 Å². The molecule has 0 aliphatic carbocycles. The number of nitrogens with zero attached hydrogens (tertiary/aromatic N) is 2. The Morgan fingerprint density at radius 3 is 2.68 bits per heavy atom. The van der Waals surface area contributed by atoms with E-state index in [1.165, 1.54) is 0 Å². The van der Waals surface area contributed by atoms with Gasteiger partial charge in [0, 0.05) is 33.3 Å². The third-order valence-electron chi connectivity index (χ3n) is 2.28. The van der Waals surface area contributed by atoms with Crippen LogP contribution in [0.5, 0.6) is 0 Å². The van der Waals surface area contributed by atoms with Gasteiger partial charge in [0.05, 0.1) is 0 Å². The summed E-state index contributed by atoms with van der Waals surface area (Å²) in [5.74, 6) is 1.16. The van der Waals surface area contributed by atoms with Gasteiger partial charge in [0.2, 0.25) is 5.91 Å². The van der Waals surface area contributed by atoms with Crippen LogP contribution in [0.4, 0.5) is 5.82 Å². The van der Waals surface area contributed by atoms with Crippen LogP contribution in [-0.4, -0.2) is 37.5 Å². The number of anilines is 1. The van der Waals surface area contributed by atoms with E-state index in [-0.39, 0.29) is 29.9 Å². The van der Waals surface area contributed by atoms with Crippen LogP contribution in [-0.2, 0) is 4.79 Å². The Labute approximate surface area is 130 Å². The van der Waals surface area contributed by atoms with E-state index in [0.29, 0.717) is 24.7 Å². The number of amides is 1. The molecule has 19 heavy (non-hydrogen) atoms. The van der Waals surface area contributed by atoms with Gasteiger partial charge < -0.3 is 16.0 Å². The fraction of sp³-hybridized carbons (Fsp3) is 0.417. The monoisotopic (exact) mass is 377 g/mol. The summed E-state index contributed by atoms with van der Waals surface area (Å²) >= 11 is 0. The maximum atomic E-state index is 11.6. The molecule has 3 N–H and O–H groups in total. The van der Waals surface area contributed by atoms with E-state index >= 15 is 0 Å². The normalized spacial score (nSPS) is 10.4. The van der Waals surface area contributed by atoms with E-state index < -0.39 is 0 Å². The van der Waals surface area contributed by atoms with E-state index in [4.69, 9.17) is 0 Å². The number of guanidine groups is 1. The lowest BCUT2D eigenvalue weighted by molar-refractivity contribution is -0.116. The Kier molecular flexibility index (Phi) is 8.84. The minimum Gasteiger partial charge on any atom is -0.359 e. The van der Waals surface area contributed by atoms with Gasteiger partial charge in [-0.1, -0.05) is 6.07 Å². The summed E-state index contributed by atoms with van der Waals surface area (Å²) in [6.45, 7) is 2.47. The predicted octanol–water partition coefficient (Wildman–Crippen LogP) is 1.13. The molecule has 0 aliphatic heterocycles. The number of halogens is 1. The van der Waals surface area contributed by atoms with Crippen molar-refractivity contribution in [1.82, 2.24) is 15.6 Å². The SMILES string of the molecule is CN=C(NC)NCCC(=O)Nc1ccc(C)cn1.I. The molecule has 0 aliphatic rings. The zero-order valence-electron chi connectivity index (χ0n) is 11.4. The van der Waals surface area contributed by atoms with Crippen LogP contribution in [0.2, 0.25) is 0 Å². The first-order valence-electron chi connectivity index (χ1n) is 5.76. The summed E-state index contributed by atoms with van der Waals surface area (Å²) in [4.78, 5) is 19.7. The number of carbonyl (C=O) groups is 1. The molecule has 0 bridgehead atoms. The number of hydrogen-bond acceptors (Lipinski definition) is 3. The Morgan fingerprint density at radius 2 is 2.16 bits per heavy atom. The summed E-state index contributed by atoms with van der Waals surface area (Å²) in [6, 6.07) is 3.69. The number of aryl methyl sites for hydroxylation is 1. The van der Waals surface area contributed by atoms with Crippen molar-refractivity contribution in [2.24, 2.45) is 4.99 Å². The summed E-state index contributed by atoms with van der Waals surface area (Å²) in [6.07, 6.45) is 2.08. The van der Waals surface area contributed by atoms with Gasteiger partial charge in [-0.3, -0.25) is 9.79 Å². The van der Waals surface area contributed by atoms with Gasteiger partial charge in [-0.05, 0) is 18.6 Å². The van der Waals surface area contributed by atoms with Crippen molar-refractivity contribution in [3.63, 3.8) is 0 Å². The van der Waals surface area contributed by atoms with E-state index in [1.807, 2.05) is 13.0 Å². The van der Waals surface area contributed by atoms with E-state index in [9.17, 15) is 4.79 Å². The second-order valence-corrected chi connectivity index (χ2v) is 3.77. The van der Waals surface area contributed by atoms with Gasteiger partial charge in [-0.2, -0.15) is 0 Å². The largest absolute Gasteiger partial charge is 0.359 e. The molecule has 0 spiro atoms. The van der Waals surface area contributed by atoms with Crippen molar-refractivity contribution in [2.45, 2.75) is 13.3 Å². The van der Waals surface area contributed by atoms with Gasteiger partial charge in [0.25, 0.3) is 0 Å². The first kappa shape index (κ1) is 17.6. The fourth-order valence-corrected chi connectivity index (χ4v) is 1.32. The third-order valence-corrected chi connectivity index (χ3v) is 2.28. The van der Waals surface area contributed by atoms with Crippen molar-refractivity contribution in [3.8, 4) is 0 Å². The Balaban J connectivity index is 0.00000324. The third kappa shape index (κ3) is 6.94. The van der Waals surface area contributed by atoms with Gasteiger partial charge in [-0.25, -0.2) is 4.98 Å². The molecule has 1 amide bonds. The van der Waals surface area contributed by atoms with Crippen LogP contribution in [0.15, 0.2) is 23.3 Å². The first-order valence-corrected chi connectivity index (χ1v) is 5.76. The second-order valence-electron chi connectivity index (χ2n) is 3.77. The Bertz CT molecular complexity index is 419. The van der Waals surface area contributed by atoms with Crippen LogP contribution in [0.25, 0.3) is 0 Å². The molecule has 6 nitrogen and oxygen atoms in total. The molecule has 0 saturated carbocycles. The quantitative estimate of drug-likeness (QED) is 0.418.